The molecule has 0 aromatic heterocycles. The number of nitrogens with zero attached hydrogens (tertiary/aromatic N) is 2. The molecule has 1 fully saturated rings. The Labute approximate surface area is 121 Å². The maximum absolute atomic E-state index is 12.7. The van der Waals surface area contributed by atoms with Gasteiger partial charge in [-0.3, -0.25) is 4.79 Å². The summed E-state index contributed by atoms with van der Waals surface area (Å²) in [6.45, 7) is 11.3. The van der Waals surface area contributed by atoms with Crippen molar-refractivity contribution in [1.82, 2.24) is 9.80 Å². The minimum absolute atomic E-state index is 0.00273. The van der Waals surface area contributed by atoms with Crippen LogP contribution in [-0.2, 0) is 4.79 Å². The van der Waals surface area contributed by atoms with E-state index in [0.717, 1.165) is 13.0 Å². The number of hydrogen-bond donors (Lipinski definition) is 1. The molecule has 3 atom stereocenters. The predicted molar refractivity (Wildman–Crippen MR) is 78.6 cm³/mol. The van der Waals surface area contributed by atoms with E-state index in [4.69, 9.17) is 5.11 Å². The zero-order valence-electron chi connectivity index (χ0n) is 13.3. The van der Waals surface area contributed by atoms with E-state index in [1.165, 1.54) is 0 Å². The Morgan fingerprint density at radius 1 is 1.30 bits per heavy atom. The van der Waals surface area contributed by atoms with Crippen LogP contribution in [0.1, 0.15) is 47.5 Å². The van der Waals surface area contributed by atoms with Gasteiger partial charge >= 0.3 is 12.0 Å². The molecule has 1 aliphatic heterocycles. The van der Waals surface area contributed by atoms with Gasteiger partial charge in [0.25, 0.3) is 0 Å². The van der Waals surface area contributed by atoms with Gasteiger partial charge in [0.15, 0.2) is 0 Å². The Balaban J connectivity index is 2.79. The van der Waals surface area contributed by atoms with E-state index in [1.54, 1.807) is 4.90 Å². The molecule has 1 saturated heterocycles. The summed E-state index contributed by atoms with van der Waals surface area (Å²) in [5.74, 6) is 0.117. The SMILES string of the molecule is CC1CC(C)C(C)N(C(=O)N(CCC(=O)O)C(C)C)C1. The first-order valence-corrected chi connectivity index (χ1v) is 7.53. The van der Waals surface area contributed by atoms with Crippen LogP contribution in [0.3, 0.4) is 0 Å². The number of carboxylic acids is 1. The van der Waals surface area contributed by atoms with Gasteiger partial charge in [0.05, 0.1) is 6.42 Å². The van der Waals surface area contributed by atoms with Crippen LogP contribution in [0.5, 0.6) is 0 Å². The lowest BCUT2D eigenvalue weighted by Crippen LogP contribution is -2.55. The first-order chi connectivity index (χ1) is 9.23. The highest BCUT2D eigenvalue weighted by molar-refractivity contribution is 5.76. The first kappa shape index (κ1) is 16.8. The summed E-state index contributed by atoms with van der Waals surface area (Å²) >= 11 is 0. The van der Waals surface area contributed by atoms with Crippen LogP contribution in [0.25, 0.3) is 0 Å². The Hall–Kier alpha value is -1.26. The number of hydrogen-bond acceptors (Lipinski definition) is 2. The standard InChI is InChI=1S/C15H28N2O3/c1-10(2)16(7-6-14(18)19)15(20)17-9-11(3)8-12(4)13(17)5/h10-13H,6-9H2,1-5H3,(H,18,19). The molecular weight excluding hydrogens is 256 g/mol. The molecule has 1 aliphatic rings. The van der Waals surface area contributed by atoms with E-state index >= 15 is 0 Å². The van der Waals surface area contributed by atoms with E-state index in [1.807, 2.05) is 18.7 Å². The molecule has 3 unspecified atom stereocenters. The molecule has 0 radical (unpaired) electrons. The van der Waals surface area contributed by atoms with Crippen LogP contribution in [-0.4, -0.2) is 52.1 Å². The lowest BCUT2D eigenvalue weighted by Gasteiger charge is -2.44. The van der Waals surface area contributed by atoms with Crippen LogP contribution in [0.2, 0.25) is 0 Å². The van der Waals surface area contributed by atoms with Gasteiger partial charge in [-0.2, -0.15) is 0 Å². The second kappa shape index (κ2) is 6.95. The number of likely N-dealkylation sites (tertiary alicyclic amines) is 1. The average Bonchev–Trinajstić information content (AvgIpc) is 2.32. The van der Waals surface area contributed by atoms with Gasteiger partial charge in [-0.05, 0) is 39.0 Å². The number of piperidine rings is 1. The topological polar surface area (TPSA) is 60.9 Å². The number of urea groups is 1. The third kappa shape index (κ3) is 4.12. The smallest absolute Gasteiger partial charge is 0.320 e. The zero-order valence-corrected chi connectivity index (χ0v) is 13.3. The van der Waals surface area contributed by atoms with Crippen molar-refractivity contribution in [3.8, 4) is 0 Å². The summed E-state index contributed by atoms with van der Waals surface area (Å²) in [7, 11) is 0. The van der Waals surface area contributed by atoms with Crippen molar-refractivity contribution in [3.63, 3.8) is 0 Å². The molecule has 0 bridgehead atoms. The quantitative estimate of drug-likeness (QED) is 0.863. The Bertz CT molecular complexity index is 357. The Morgan fingerprint density at radius 3 is 2.40 bits per heavy atom. The second-order valence-corrected chi connectivity index (χ2v) is 6.42. The molecule has 2 amide bonds. The summed E-state index contributed by atoms with van der Waals surface area (Å²) in [5, 5.41) is 8.82. The third-order valence-corrected chi connectivity index (χ3v) is 4.28. The Morgan fingerprint density at radius 2 is 1.90 bits per heavy atom. The summed E-state index contributed by atoms with van der Waals surface area (Å²) in [4.78, 5) is 27.0. The molecule has 0 aromatic carbocycles. The molecule has 116 valence electrons. The number of carbonyl (C=O) groups is 2. The molecule has 20 heavy (non-hydrogen) atoms. The molecule has 0 saturated carbocycles. The van der Waals surface area contributed by atoms with Crippen molar-refractivity contribution in [2.24, 2.45) is 11.8 Å². The molecule has 5 nitrogen and oxygen atoms in total. The van der Waals surface area contributed by atoms with Crippen molar-refractivity contribution in [2.75, 3.05) is 13.1 Å². The fourth-order valence-electron chi connectivity index (χ4n) is 2.92. The van der Waals surface area contributed by atoms with E-state index in [-0.39, 0.29) is 31.1 Å². The monoisotopic (exact) mass is 284 g/mol. The van der Waals surface area contributed by atoms with Crippen LogP contribution in [0.15, 0.2) is 0 Å². The van der Waals surface area contributed by atoms with Crippen molar-refractivity contribution >= 4 is 12.0 Å². The van der Waals surface area contributed by atoms with Gasteiger partial charge in [-0.1, -0.05) is 13.8 Å². The molecule has 0 aliphatic carbocycles. The highest BCUT2D eigenvalue weighted by Gasteiger charge is 2.34. The van der Waals surface area contributed by atoms with Gasteiger partial charge in [0.2, 0.25) is 0 Å². The fourth-order valence-corrected chi connectivity index (χ4v) is 2.92. The van der Waals surface area contributed by atoms with Crippen LogP contribution in [0.4, 0.5) is 4.79 Å². The lowest BCUT2D eigenvalue weighted by molar-refractivity contribution is -0.137. The van der Waals surface area contributed by atoms with Crippen molar-refractivity contribution < 1.29 is 14.7 Å². The zero-order chi connectivity index (χ0) is 15.4. The molecule has 0 spiro atoms. The van der Waals surface area contributed by atoms with Crippen molar-refractivity contribution in [1.29, 1.82) is 0 Å². The van der Waals surface area contributed by atoms with Gasteiger partial charge in [0.1, 0.15) is 0 Å². The molecule has 1 rings (SSSR count). The first-order valence-electron chi connectivity index (χ1n) is 7.53. The average molecular weight is 284 g/mol. The molecular formula is C15H28N2O3. The molecule has 1 heterocycles. The number of rotatable bonds is 4. The van der Waals surface area contributed by atoms with E-state index in [2.05, 4.69) is 20.8 Å². The van der Waals surface area contributed by atoms with Gasteiger partial charge in [-0.25, -0.2) is 4.79 Å². The fraction of sp³-hybridized carbons (Fsp3) is 0.867. The summed E-state index contributed by atoms with van der Waals surface area (Å²) in [6, 6.07) is 0.207. The van der Waals surface area contributed by atoms with Gasteiger partial charge in [0, 0.05) is 25.2 Å². The van der Waals surface area contributed by atoms with Crippen molar-refractivity contribution in [3.05, 3.63) is 0 Å². The maximum atomic E-state index is 12.7. The van der Waals surface area contributed by atoms with Crippen LogP contribution in [0, 0.1) is 11.8 Å². The predicted octanol–water partition coefficient (Wildman–Crippen LogP) is 2.66. The van der Waals surface area contributed by atoms with Gasteiger partial charge in [-0.15, -0.1) is 0 Å². The third-order valence-electron chi connectivity index (χ3n) is 4.28. The summed E-state index contributed by atoms with van der Waals surface area (Å²) in [5.41, 5.74) is 0. The van der Waals surface area contributed by atoms with Crippen LogP contribution < -0.4 is 0 Å². The summed E-state index contributed by atoms with van der Waals surface area (Å²) in [6.07, 6.45) is 1.14. The second-order valence-electron chi connectivity index (χ2n) is 6.42. The normalized spacial score (nSPS) is 26.7. The lowest BCUT2D eigenvalue weighted by atomic mass is 9.86. The van der Waals surface area contributed by atoms with E-state index < -0.39 is 5.97 Å². The largest absolute Gasteiger partial charge is 0.481 e. The maximum Gasteiger partial charge on any atom is 0.320 e. The van der Waals surface area contributed by atoms with Gasteiger partial charge < -0.3 is 14.9 Å². The van der Waals surface area contributed by atoms with E-state index in [0.29, 0.717) is 11.8 Å². The highest BCUT2D eigenvalue weighted by Crippen LogP contribution is 2.28. The highest BCUT2D eigenvalue weighted by atomic mass is 16.4. The van der Waals surface area contributed by atoms with E-state index in [9.17, 15) is 9.59 Å². The van der Waals surface area contributed by atoms with Crippen LogP contribution >= 0.6 is 0 Å². The minimum atomic E-state index is -0.864. The number of amides is 2. The Kier molecular flexibility index (Phi) is 5.84. The minimum Gasteiger partial charge on any atom is -0.481 e. The number of aliphatic carboxylic acids is 1. The molecule has 5 heteroatoms. The molecule has 1 N–H and O–H groups in total. The number of carboxylic acid groups (broad SMARTS) is 1. The number of carbonyl (C=O) groups excluding carboxylic acids is 1. The van der Waals surface area contributed by atoms with Crippen molar-refractivity contribution in [2.45, 2.75) is 59.5 Å². The molecule has 0 aromatic rings. The summed E-state index contributed by atoms with van der Waals surface area (Å²) < 4.78 is 0.